The Morgan fingerprint density at radius 1 is 1.47 bits per heavy atom. The van der Waals surface area contributed by atoms with E-state index in [0.29, 0.717) is 6.54 Å². The van der Waals surface area contributed by atoms with Crippen molar-refractivity contribution in [3.8, 4) is 0 Å². The zero-order valence-corrected chi connectivity index (χ0v) is 10.1. The van der Waals surface area contributed by atoms with Crippen LogP contribution in [0.3, 0.4) is 0 Å². The molecule has 1 saturated heterocycles. The van der Waals surface area contributed by atoms with Crippen molar-refractivity contribution in [2.45, 2.75) is 19.1 Å². The van der Waals surface area contributed by atoms with Gasteiger partial charge >= 0.3 is 12.0 Å². The maximum absolute atomic E-state index is 11.7. The first kappa shape index (κ1) is 13.7. The van der Waals surface area contributed by atoms with E-state index in [-0.39, 0.29) is 18.6 Å². The van der Waals surface area contributed by atoms with E-state index in [1.807, 2.05) is 14.0 Å². The quantitative estimate of drug-likeness (QED) is 0.579. The van der Waals surface area contributed by atoms with Gasteiger partial charge in [-0.15, -0.1) is 0 Å². The second-order valence-electron chi connectivity index (χ2n) is 4.34. The first-order valence-electron chi connectivity index (χ1n) is 5.55. The Kier molecular flexibility index (Phi) is 4.71. The molecule has 1 aliphatic rings. The number of aliphatic carboxylic acids is 1. The maximum Gasteiger partial charge on any atom is 0.334 e. The summed E-state index contributed by atoms with van der Waals surface area (Å²) in [5.74, 6) is -1.34. The SMILES string of the molecule is CC1CN(C)CCN1C(=O)NC[C@H](O)C(=O)O. The number of rotatable bonds is 3. The number of amides is 2. The average molecular weight is 245 g/mol. The Morgan fingerprint density at radius 3 is 2.65 bits per heavy atom. The summed E-state index contributed by atoms with van der Waals surface area (Å²) in [6, 6.07) is -0.248. The molecule has 0 aliphatic carbocycles. The van der Waals surface area contributed by atoms with Crippen molar-refractivity contribution >= 4 is 12.0 Å². The Labute approximate surface area is 100.0 Å². The van der Waals surface area contributed by atoms with Crippen LogP contribution in [0, 0.1) is 0 Å². The fourth-order valence-electron chi connectivity index (χ4n) is 1.81. The third-order valence-corrected chi connectivity index (χ3v) is 2.82. The molecule has 1 aliphatic heterocycles. The number of hydrogen-bond acceptors (Lipinski definition) is 4. The Bertz CT molecular complexity index is 297. The molecular weight excluding hydrogens is 226 g/mol. The van der Waals surface area contributed by atoms with Crippen LogP contribution < -0.4 is 5.32 Å². The number of likely N-dealkylation sites (N-methyl/N-ethyl adjacent to an activating group) is 1. The van der Waals surface area contributed by atoms with Crippen LogP contribution >= 0.6 is 0 Å². The Hall–Kier alpha value is -1.34. The van der Waals surface area contributed by atoms with Gasteiger partial charge in [0.15, 0.2) is 6.10 Å². The number of carbonyl (C=O) groups is 2. The zero-order valence-electron chi connectivity index (χ0n) is 10.1. The van der Waals surface area contributed by atoms with Crippen molar-refractivity contribution in [2.24, 2.45) is 0 Å². The first-order valence-corrected chi connectivity index (χ1v) is 5.55. The van der Waals surface area contributed by atoms with E-state index in [0.717, 1.165) is 13.1 Å². The van der Waals surface area contributed by atoms with Crippen molar-refractivity contribution in [3.05, 3.63) is 0 Å². The molecule has 17 heavy (non-hydrogen) atoms. The van der Waals surface area contributed by atoms with Crippen LogP contribution in [-0.2, 0) is 4.79 Å². The second kappa shape index (κ2) is 5.83. The molecule has 7 nitrogen and oxygen atoms in total. The smallest absolute Gasteiger partial charge is 0.334 e. The fraction of sp³-hybridized carbons (Fsp3) is 0.800. The first-order chi connectivity index (χ1) is 7.91. The molecule has 0 radical (unpaired) electrons. The van der Waals surface area contributed by atoms with Gasteiger partial charge < -0.3 is 25.3 Å². The van der Waals surface area contributed by atoms with E-state index >= 15 is 0 Å². The third kappa shape index (κ3) is 3.86. The van der Waals surface area contributed by atoms with Gasteiger partial charge in [-0.25, -0.2) is 9.59 Å². The molecule has 1 rings (SSSR count). The number of nitrogens with one attached hydrogen (secondary N) is 1. The lowest BCUT2D eigenvalue weighted by Gasteiger charge is -2.38. The molecule has 1 unspecified atom stereocenters. The number of aliphatic hydroxyl groups is 1. The summed E-state index contributed by atoms with van der Waals surface area (Å²) >= 11 is 0. The lowest BCUT2D eigenvalue weighted by molar-refractivity contribution is -0.146. The van der Waals surface area contributed by atoms with Crippen molar-refractivity contribution in [1.82, 2.24) is 15.1 Å². The number of piperazine rings is 1. The summed E-state index contributed by atoms with van der Waals surface area (Å²) in [6.45, 7) is 3.84. The standard InChI is InChI=1S/C10H19N3O4/c1-7-6-12(2)3-4-13(7)10(17)11-5-8(14)9(15)16/h7-8,14H,3-6H2,1-2H3,(H,11,17)(H,15,16)/t7?,8-/m0/s1. The molecular formula is C10H19N3O4. The van der Waals surface area contributed by atoms with Crippen LogP contribution in [0.1, 0.15) is 6.92 Å². The summed E-state index contributed by atoms with van der Waals surface area (Å²) < 4.78 is 0. The zero-order chi connectivity index (χ0) is 13.0. The van der Waals surface area contributed by atoms with E-state index in [4.69, 9.17) is 10.2 Å². The van der Waals surface area contributed by atoms with Gasteiger partial charge in [0.05, 0.1) is 6.54 Å². The number of urea groups is 1. The minimum atomic E-state index is -1.55. The Balaban J connectivity index is 2.40. The summed E-state index contributed by atoms with van der Waals surface area (Å²) in [5.41, 5.74) is 0. The molecule has 1 fully saturated rings. The van der Waals surface area contributed by atoms with Crippen LogP contribution in [0.15, 0.2) is 0 Å². The van der Waals surface area contributed by atoms with Crippen molar-refractivity contribution in [1.29, 1.82) is 0 Å². The summed E-state index contributed by atoms with van der Waals surface area (Å²) in [4.78, 5) is 25.9. The van der Waals surface area contributed by atoms with Gasteiger partial charge in [-0.2, -0.15) is 0 Å². The highest BCUT2D eigenvalue weighted by atomic mass is 16.4. The van der Waals surface area contributed by atoms with E-state index in [1.165, 1.54) is 0 Å². The number of carboxylic acids is 1. The predicted molar refractivity (Wildman–Crippen MR) is 60.7 cm³/mol. The van der Waals surface area contributed by atoms with Crippen LogP contribution in [-0.4, -0.2) is 77.4 Å². The molecule has 98 valence electrons. The lowest BCUT2D eigenvalue weighted by Crippen LogP contribution is -2.56. The van der Waals surface area contributed by atoms with E-state index in [9.17, 15) is 9.59 Å². The van der Waals surface area contributed by atoms with Gasteiger partial charge in [-0.05, 0) is 14.0 Å². The molecule has 7 heteroatoms. The summed E-state index contributed by atoms with van der Waals surface area (Å²) in [5, 5.41) is 19.9. The molecule has 0 aromatic rings. The lowest BCUT2D eigenvalue weighted by atomic mass is 10.2. The van der Waals surface area contributed by atoms with Crippen LogP contribution in [0.5, 0.6) is 0 Å². The number of hydrogen-bond donors (Lipinski definition) is 3. The van der Waals surface area contributed by atoms with Gasteiger partial charge in [0.25, 0.3) is 0 Å². The topological polar surface area (TPSA) is 93.1 Å². The maximum atomic E-state index is 11.7. The van der Waals surface area contributed by atoms with E-state index < -0.39 is 12.1 Å². The molecule has 0 aromatic heterocycles. The molecule has 3 N–H and O–H groups in total. The Morgan fingerprint density at radius 2 is 2.12 bits per heavy atom. The second-order valence-corrected chi connectivity index (χ2v) is 4.34. The van der Waals surface area contributed by atoms with E-state index in [1.54, 1.807) is 4.90 Å². The minimum absolute atomic E-state index is 0.0794. The summed E-state index contributed by atoms with van der Waals surface area (Å²) in [6.07, 6.45) is -1.55. The molecule has 2 amide bonds. The highest BCUT2D eigenvalue weighted by molar-refractivity contribution is 5.77. The van der Waals surface area contributed by atoms with Gasteiger partial charge in [0.1, 0.15) is 0 Å². The van der Waals surface area contributed by atoms with Gasteiger partial charge in [0, 0.05) is 25.7 Å². The highest BCUT2D eigenvalue weighted by Crippen LogP contribution is 2.07. The monoisotopic (exact) mass is 245 g/mol. The predicted octanol–water partition coefficient (Wildman–Crippen LogP) is -1.22. The molecule has 0 bridgehead atoms. The van der Waals surface area contributed by atoms with Crippen LogP contribution in [0.2, 0.25) is 0 Å². The van der Waals surface area contributed by atoms with E-state index in [2.05, 4.69) is 10.2 Å². The van der Waals surface area contributed by atoms with Gasteiger partial charge in [0.2, 0.25) is 0 Å². The number of carboxylic acid groups (broad SMARTS) is 1. The third-order valence-electron chi connectivity index (χ3n) is 2.82. The largest absolute Gasteiger partial charge is 0.479 e. The number of aliphatic hydroxyl groups excluding tert-OH is 1. The minimum Gasteiger partial charge on any atom is -0.479 e. The number of carbonyl (C=O) groups excluding carboxylic acids is 1. The summed E-state index contributed by atoms with van der Waals surface area (Å²) in [7, 11) is 1.99. The average Bonchev–Trinajstić information content (AvgIpc) is 2.25. The molecule has 0 spiro atoms. The molecule has 0 aromatic carbocycles. The van der Waals surface area contributed by atoms with Crippen LogP contribution in [0.4, 0.5) is 4.79 Å². The molecule has 0 saturated carbocycles. The molecule has 2 atom stereocenters. The molecule has 1 heterocycles. The highest BCUT2D eigenvalue weighted by Gasteiger charge is 2.26. The fourth-order valence-corrected chi connectivity index (χ4v) is 1.81. The number of nitrogens with zero attached hydrogens (tertiary/aromatic N) is 2. The van der Waals surface area contributed by atoms with Crippen molar-refractivity contribution in [2.75, 3.05) is 33.2 Å². The van der Waals surface area contributed by atoms with Gasteiger partial charge in [-0.3, -0.25) is 0 Å². The normalized spacial score (nSPS) is 23.2. The van der Waals surface area contributed by atoms with Gasteiger partial charge in [-0.1, -0.05) is 0 Å². The van der Waals surface area contributed by atoms with Crippen molar-refractivity contribution in [3.63, 3.8) is 0 Å². The van der Waals surface area contributed by atoms with Crippen LogP contribution in [0.25, 0.3) is 0 Å². The van der Waals surface area contributed by atoms with Crippen molar-refractivity contribution < 1.29 is 19.8 Å².